The normalized spacial score (nSPS) is 20.1. The van der Waals surface area contributed by atoms with Crippen molar-refractivity contribution in [1.29, 1.82) is 0 Å². The van der Waals surface area contributed by atoms with Crippen LogP contribution >= 0.6 is 0 Å². The largest absolute Gasteiger partial charge is 0.478 e. The van der Waals surface area contributed by atoms with Gasteiger partial charge in [0.2, 0.25) is 15.8 Å². The number of rotatable bonds is 4. The Balaban J connectivity index is 2.19. The lowest BCUT2D eigenvalue weighted by Gasteiger charge is -2.21. The van der Waals surface area contributed by atoms with Gasteiger partial charge >= 0.3 is 6.18 Å². The molecule has 1 aliphatic rings. The molecule has 5 nitrogen and oxygen atoms in total. The van der Waals surface area contributed by atoms with Crippen LogP contribution in [0.25, 0.3) is 11.3 Å². The molecule has 29 heavy (non-hydrogen) atoms. The monoisotopic (exact) mass is 425 g/mol. The van der Waals surface area contributed by atoms with Crippen LogP contribution in [-0.4, -0.2) is 19.8 Å². The predicted octanol–water partition coefficient (Wildman–Crippen LogP) is 3.99. The number of carbonyl (C=O) groups excluding carboxylic acids is 1. The third-order valence-corrected chi connectivity index (χ3v) is 5.79. The van der Waals surface area contributed by atoms with Crippen LogP contribution < -0.4 is 5.14 Å². The van der Waals surface area contributed by atoms with Gasteiger partial charge in [0, 0.05) is 5.56 Å². The zero-order valence-corrected chi connectivity index (χ0v) is 16.4. The van der Waals surface area contributed by atoms with Crippen molar-refractivity contribution in [3.05, 3.63) is 65.2 Å². The molecule has 0 saturated heterocycles. The first kappa shape index (κ1) is 21.1. The minimum atomic E-state index is -4.57. The van der Waals surface area contributed by atoms with Gasteiger partial charge in [-0.3, -0.25) is 4.79 Å². The van der Waals surface area contributed by atoms with Gasteiger partial charge in [-0.05, 0) is 55.3 Å². The lowest BCUT2D eigenvalue weighted by molar-refractivity contribution is -0.137. The maximum Gasteiger partial charge on any atom is 0.416 e. The van der Waals surface area contributed by atoms with Crippen LogP contribution in [0, 0.1) is 0 Å². The van der Waals surface area contributed by atoms with E-state index in [0.29, 0.717) is 12.0 Å². The Morgan fingerprint density at radius 2 is 1.69 bits per heavy atom. The predicted molar refractivity (Wildman–Crippen MR) is 101 cm³/mol. The number of carbonyl (C=O) groups is 1. The van der Waals surface area contributed by atoms with E-state index in [9.17, 15) is 26.4 Å². The summed E-state index contributed by atoms with van der Waals surface area (Å²) in [6, 6.07) is 9.75. The van der Waals surface area contributed by atoms with E-state index in [0.717, 1.165) is 12.1 Å². The Hall–Kier alpha value is -2.65. The molecular formula is C20H18F3NO4S. The summed E-state index contributed by atoms with van der Waals surface area (Å²) in [5.74, 6) is -0.343. The van der Waals surface area contributed by atoms with Gasteiger partial charge < -0.3 is 4.74 Å². The van der Waals surface area contributed by atoms with Crippen molar-refractivity contribution in [2.45, 2.75) is 36.9 Å². The number of nitrogens with two attached hydrogens (primary N) is 1. The van der Waals surface area contributed by atoms with E-state index in [-0.39, 0.29) is 21.8 Å². The van der Waals surface area contributed by atoms with Crippen LogP contribution in [0.4, 0.5) is 13.2 Å². The van der Waals surface area contributed by atoms with Crippen molar-refractivity contribution in [2.75, 3.05) is 0 Å². The van der Waals surface area contributed by atoms with E-state index in [1.807, 2.05) is 0 Å². The highest BCUT2D eigenvalue weighted by atomic mass is 32.2. The molecule has 2 N–H and O–H groups in total. The summed E-state index contributed by atoms with van der Waals surface area (Å²) >= 11 is 0. The minimum Gasteiger partial charge on any atom is -0.478 e. The third-order valence-electron chi connectivity index (χ3n) is 4.86. The molecule has 0 aliphatic carbocycles. The number of primary sulfonamides is 1. The van der Waals surface area contributed by atoms with E-state index in [4.69, 9.17) is 9.88 Å². The molecular weight excluding hydrogens is 407 g/mol. The second-order valence-electron chi connectivity index (χ2n) is 6.87. The van der Waals surface area contributed by atoms with E-state index in [2.05, 4.69) is 0 Å². The Morgan fingerprint density at radius 1 is 1.07 bits per heavy atom. The Kier molecular flexibility index (Phi) is 5.08. The molecule has 9 heteroatoms. The summed E-state index contributed by atoms with van der Waals surface area (Å²) in [6.07, 6.45) is -4.27. The molecule has 2 aromatic rings. The molecule has 0 amide bonds. The summed E-state index contributed by atoms with van der Waals surface area (Å²) in [7, 11) is -3.92. The van der Waals surface area contributed by atoms with Crippen molar-refractivity contribution in [1.82, 2.24) is 0 Å². The fourth-order valence-corrected chi connectivity index (χ4v) is 3.55. The fourth-order valence-electron chi connectivity index (χ4n) is 3.04. The highest BCUT2D eigenvalue weighted by Crippen LogP contribution is 2.43. The van der Waals surface area contributed by atoms with Crippen LogP contribution in [0.2, 0.25) is 0 Å². The van der Waals surface area contributed by atoms with Crippen molar-refractivity contribution in [3.8, 4) is 0 Å². The first-order valence-electron chi connectivity index (χ1n) is 8.66. The number of halogens is 3. The van der Waals surface area contributed by atoms with Gasteiger partial charge in [-0.25, -0.2) is 13.6 Å². The van der Waals surface area contributed by atoms with Gasteiger partial charge in [0.05, 0.1) is 16.0 Å². The smallest absolute Gasteiger partial charge is 0.416 e. The summed E-state index contributed by atoms with van der Waals surface area (Å²) in [5, 5.41) is 5.09. The quantitative estimate of drug-likeness (QED) is 0.803. The Bertz CT molecular complexity index is 1110. The highest BCUT2D eigenvalue weighted by molar-refractivity contribution is 7.89. The molecule has 0 bridgehead atoms. The molecule has 1 atom stereocenters. The molecule has 0 aromatic heterocycles. The van der Waals surface area contributed by atoms with Crippen molar-refractivity contribution < 1.29 is 31.1 Å². The summed E-state index contributed by atoms with van der Waals surface area (Å²) in [6.45, 7) is 3.29. The summed E-state index contributed by atoms with van der Waals surface area (Å²) in [5.41, 5.74) is -1.67. The molecule has 0 saturated carbocycles. The Labute approximate surface area is 166 Å². The summed E-state index contributed by atoms with van der Waals surface area (Å²) < 4.78 is 68.2. The lowest BCUT2D eigenvalue weighted by atomic mass is 9.89. The van der Waals surface area contributed by atoms with E-state index in [1.165, 1.54) is 36.4 Å². The minimum absolute atomic E-state index is 0.0174. The van der Waals surface area contributed by atoms with Gasteiger partial charge in [-0.1, -0.05) is 19.1 Å². The molecule has 154 valence electrons. The first-order valence-corrected chi connectivity index (χ1v) is 10.2. The maximum atomic E-state index is 13.1. The SMILES string of the molecule is CCC1(C)OC(c2ccc(S(N)(=O)=O)cc2)=C(c2cccc(C(F)(F)F)c2)C1=O. The average molecular weight is 425 g/mol. The van der Waals surface area contributed by atoms with E-state index < -0.39 is 33.1 Å². The second kappa shape index (κ2) is 7.00. The van der Waals surface area contributed by atoms with Crippen LogP contribution in [0.1, 0.15) is 37.0 Å². The van der Waals surface area contributed by atoms with Crippen LogP contribution in [-0.2, 0) is 25.7 Å². The van der Waals surface area contributed by atoms with Crippen LogP contribution in [0.15, 0.2) is 53.4 Å². The van der Waals surface area contributed by atoms with Gasteiger partial charge in [0.25, 0.3) is 0 Å². The van der Waals surface area contributed by atoms with E-state index >= 15 is 0 Å². The van der Waals surface area contributed by atoms with Gasteiger partial charge in [-0.2, -0.15) is 13.2 Å². The number of alkyl halides is 3. The molecule has 0 fully saturated rings. The molecule has 1 heterocycles. The standard InChI is InChI=1S/C20H18F3NO4S/c1-3-19(2)18(25)16(13-5-4-6-14(11-13)20(21,22)23)17(28-19)12-7-9-15(10-8-12)29(24,26)27/h4-11H,3H2,1-2H3,(H2,24,26,27). The molecule has 3 rings (SSSR count). The number of ether oxygens (including phenoxy) is 1. The number of hydrogen-bond acceptors (Lipinski definition) is 4. The fraction of sp³-hybridized carbons (Fsp3) is 0.250. The average Bonchev–Trinajstić information content (AvgIpc) is 2.92. The van der Waals surface area contributed by atoms with Crippen LogP contribution in [0.5, 0.6) is 0 Å². The van der Waals surface area contributed by atoms with E-state index in [1.54, 1.807) is 13.8 Å². The van der Waals surface area contributed by atoms with Crippen molar-refractivity contribution >= 4 is 27.1 Å². The number of hydrogen-bond donors (Lipinski definition) is 1. The van der Waals surface area contributed by atoms with Gasteiger partial charge in [0.15, 0.2) is 5.60 Å². The van der Waals surface area contributed by atoms with Crippen LogP contribution in [0.3, 0.4) is 0 Å². The highest BCUT2D eigenvalue weighted by Gasteiger charge is 2.45. The third kappa shape index (κ3) is 3.92. The zero-order chi connectivity index (χ0) is 21.6. The molecule has 1 unspecified atom stereocenters. The number of Topliss-reactive ketones (excluding diaryl/α,β-unsaturated/α-hetero) is 1. The van der Waals surface area contributed by atoms with Gasteiger partial charge in [-0.15, -0.1) is 0 Å². The number of ketones is 1. The first-order chi connectivity index (χ1) is 13.4. The number of sulfonamides is 1. The van der Waals surface area contributed by atoms with Crippen molar-refractivity contribution in [2.24, 2.45) is 5.14 Å². The second-order valence-corrected chi connectivity index (χ2v) is 8.43. The molecule has 2 aromatic carbocycles. The van der Waals surface area contributed by atoms with Gasteiger partial charge in [0.1, 0.15) is 5.76 Å². The number of benzene rings is 2. The molecule has 0 spiro atoms. The molecule has 1 aliphatic heterocycles. The topological polar surface area (TPSA) is 86.5 Å². The Morgan fingerprint density at radius 3 is 2.21 bits per heavy atom. The molecule has 0 radical (unpaired) electrons. The van der Waals surface area contributed by atoms with Crippen molar-refractivity contribution in [3.63, 3.8) is 0 Å². The lowest BCUT2D eigenvalue weighted by Crippen LogP contribution is -2.32. The zero-order valence-electron chi connectivity index (χ0n) is 15.6. The maximum absolute atomic E-state index is 13.1. The summed E-state index contributed by atoms with van der Waals surface area (Å²) in [4.78, 5) is 12.9.